The smallest absolute Gasteiger partial charge is 0.412 e. The molecule has 1 aromatic carbocycles. The number of carbonyl (C=O) groups excluding carboxylic acids is 2. The number of hydrogen-bond donors (Lipinski definition) is 4. The molecule has 41 heavy (non-hydrogen) atoms. The van der Waals surface area contributed by atoms with Crippen LogP contribution in [0.15, 0.2) is 48.8 Å². The van der Waals surface area contributed by atoms with E-state index in [4.69, 9.17) is 16.3 Å². The van der Waals surface area contributed by atoms with Gasteiger partial charge < -0.3 is 20.1 Å². The molecule has 10 nitrogen and oxygen atoms in total. The molecule has 5 rings (SSSR count). The van der Waals surface area contributed by atoms with E-state index in [1.807, 2.05) is 6.07 Å². The Morgan fingerprint density at radius 1 is 1.10 bits per heavy atom. The largest absolute Gasteiger partial charge is 0.444 e. The van der Waals surface area contributed by atoms with Crippen molar-refractivity contribution in [1.29, 1.82) is 0 Å². The summed E-state index contributed by atoms with van der Waals surface area (Å²) < 4.78 is 20.1. The first-order valence-corrected chi connectivity index (χ1v) is 13.2. The molecule has 0 bridgehead atoms. The Labute approximate surface area is 240 Å². The van der Waals surface area contributed by atoms with Crippen LogP contribution in [-0.4, -0.2) is 42.6 Å². The summed E-state index contributed by atoms with van der Waals surface area (Å²) in [6.45, 7) is 6.64. The van der Waals surface area contributed by atoms with Gasteiger partial charge >= 0.3 is 6.09 Å². The maximum atomic E-state index is 14.7. The lowest BCUT2D eigenvalue weighted by Gasteiger charge is -2.21. The van der Waals surface area contributed by atoms with Crippen LogP contribution in [0, 0.1) is 5.95 Å². The van der Waals surface area contributed by atoms with E-state index in [0.29, 0.717) is 46.1 Å². The second-order valence-corrected chi connectivity index (χ2v) is 11.2. The maximum absolute atomic E-state index is 14.7. The number of rotatable bonds is 5. The van der Waals surface area contributed by atoms with E-state index in [-0.39, 0.29) is 23.1 Å². The third-order valence-corrected chi connectivity index (χ3v) is 6.69. The second kappa shape index (κ2) is 10.6. The number of benzene rings is 1. The molecule has 4 N–H and O–H groups in total. The lowest BCUT2D eigenvalue weighted by molar-refractivity contribution is -0.114. The van der Waals surface area contributed by atoms with Gasteiger partial charge in [-0.3, -0.25) is 15.1 Å². The van der Waals surface area contributed by atoms with Crippen molar-refractivity contribution < 1.29 is 23.8 Å². The highest BCUT2D eigenvalue weighted by Crippen LogP contribution is 2.42. The second-order valence-electron chi connectivity index (χ2n) is 10.8. The summed E-state index contributed by atoms with van der Waals surface area (Å²) in [5.74, 6) is -0.861. The number of pyridine rings is 2. The highest BCUT2D eigenvalue weighted by atomic mass is 35.5. The van der Waals surface area contributed by atoms with Gasteiger partial charge in [0, 0.05) is 29.3 Å². The van der Waals surface area contributed by atoms with Crippen molar-refractivity contribution in [3.05, 3.63) is 76.8 Å². The standard InChI is InChI=1S/C29H28ClFN6O4/c1-15(38)34-23-8-6-19(25(31)37-23)22-14-33-26(35-22)29(40)10-9-16-11-17(13-32-24(16)29)20-12-18(30)5-7-21(20)36-27(39)41-28(2,3)4/h5-8,11-14,40H,9-10H2,1-4H3,(H,33,35)(H,36,39)(H,34,37,38). The minimum atomic E-state index is -1.53. The summed E-state index contributed by atoms with van der Waals surface area (Å²) in [5, 5.41) is 17.3. The maximum Gasteiger partial charge on any atom is 0.412 e. The van der Waals surface area contributed by atoms with Crippen LogP contribution in [0.4, 0.5) is 20.7 Å². The Morgan fingerprint density at radius 3 is 2.59 bits per heavy atom. The zero-order valence-corrected chi connectivity index (χ0v) is 23.6. The molecule has 2 amide bonds. The first-order chi connectivity index (χ1) is 19.3. The van der Waals surface area contributed by atoms with Gasteiger partial charge in [-0.2, -0.15) is 4.39 Å². The van der Waals surface area contributed by atoms with E-state index in [9.17, 15) is 19.1 Å². The van der Waals surface area contributed by atoms with E-state index >= 15 is 0 Å². The number of amides is 2. The van der Waals surface area contributed by atoms with Crippen LogP contribution in [0.25, 0.3) is 22.4 Å². The number of aryl methyl sites for hydroxylation is 1. The molecular formula is C29H28ClFN6O4. The van der Waals surface area contributed by atoms with E-state index in [1.54, 1.807) is 45.2 Å². The molecule has 0 fully saturated rings. The number of fused-ring (bicyclic) bond motifs is 1. The van der Waals surface area contributed by atoms with Gasteiger partial charge in [-0.25, -0.2) is 14.8 Å². The van der Waals surface area contributed by atoms with Gasteiger partial charge in [-0.1, -0.05) is 11.6 Å². The first-order valence-electron chi connectivity index (χ1n) is 12.8. The van der Waals surface area contributed by atoms with Crippen molar-refractivity contribution in [2.75, 3.05) is 10.6 Å². The molecular weight excluding hydrogens is 551 g/mol. The van der Waals surface area contributed by atoms with Crippen molar-refractivity contribution >= 4 is 35.1 Å². The highest BCUT2D eigenvalue weighted by Gasteiger charge is 2.42. The summed E-state index contributed by atoms with van der Waals surface area (Å²) in [5.41, 5.74) is 1.29. The SMILES string of the molecule is CC(=O)Nc1ccc(-c2cnc(C3(O)CCc4cc(-c5cc(Cl)ccc5NC(=O)OC(C)(C)C)cnc43)[nH]2)c(F)n1. The zero-order valence-electron chi connectivity index (χ0n) is 22.8. The lowest BCUT2D eigenvalue weighted by Crippen LogP contribution is -2.27. The average Bonchev–Trinajstić information content (AvgIpc) is 3.50. The number of imidazole rings is 1. The molecule has 212 valence electrons. The van der Waals surface area contributed by atoms with Gasteiger partial charge in [0.15, 0.2) is 5.60 Å². The predicted octanol–water partition coefficient (Wildman–Crippen LogP) is 5.81. The van der Waals surface area contributed by atoms with Gasteiger partial charge in [0.1, 0.15) is 17.2 Å². The quantitative estimate of drug-likeness (QED) is 0.219. The minimum Gasteiger partial charge on any atom is -0.444 e. The van der Waals surface area contributed by atoms with Crippen LogP contribution in [0.3, 0.4) is 0 Å². The fourth-order valence-corrected chi connectivity index (χ4v) is 4.89. The fourth-order valence-electron chi connectivity index (χ4n) is 4.72. The number of hydrogen-bond acceptors (Lipinski definition) is 7. The van der Waals surface area contributed by atoms with Crippen LogP contribution in [0.2, 0.25) is 5.02 Å². The number of aromatic nitrogens is 4. The highest BCUT2D eigenvalue weighted by molar-refractivity contribution is 6.31. The zero-order chi connectivity index (χ0) is 29.5. The van der Waals surface area contributed by atoms with Crippen LogP contribution in [0.1, 0.15) is 51.2 Å². The third kappa shape index (κ3) is 5.91. The Hall–Kier alpha value is -4.35. The molecule has 0 aliphatic heterocycles. The summed E-state index contributed by atoms with van der Waals surface area (Å²) in [7, 11) is 0. The Kier molecular flexibility index (Phi) is 7.26. The van der Waals surface area contributed by atoms with Gasteiger partial charge in [0.25, 0.3) is 0 Å². The molecule has 0 saturated carbocycles. The number of halogens is 2. The van der Waals surface area contributed by atoms with E-state index < -0.39 is 23.2 Å². The van der Waals surface area contributed by atoms with Crippen molar-refractivity contribution in [2.45, 2.75) is 51.7 Å². The molecule has 1 aliphatic carbocycles. The van der Waals surface area contributed by atoms with Crippen molar-refractivity contribution in [1.82, 2.24) is 19.9 Å². The molecule has 1 aliphatic rings. The number of carbonyl (C=O) groups is 2. The molecule has 0 spiro atoms. The van der Waals surface area contributed by atoms with Gasteiger partial charge in [-0.15, -0.1) is 0 Å². The fraction of sp³-hybridized carbons (Fsp3) is 0.276. The van der Waals surface area contributed by atoms with Crippen LogP contribution in [-0.2, 0) is 21.6 Å². The number of aliphatic hydroxyl groups is 1. The molecule has 0 saturated heterocycles. The summed E-state index contributed by atoms with van der Waals surface area (Å²) >= 11 is 6.28. The van der Waals surface area contributed by atoms with Gasteiger partial charge in [-0.05, 0) is 75.6 Å². The Bertz CT molecular complexity index is 1670. The monoisotopic (exact) mass is 578 g/mol. The molecule has 4 aromatic rings. The number of ether oxygens (including phenoxy) is 1. The first kappa shape index (κ1) is 28.2. The van der Waals surface area contributed by atoms with Crippen LogP contribution in [0.5, 0.6) is 0 Å². The van der Waals surface area contributed by atoms with E-state index in [0.717, 1.165) is 5.56 Å². The van der Waals surface area contributed by atoms with E-state index in [1.165, 1.54) is 25.3 Å². The predicted molar refractivity (Wildman–Crippen MR) is 152 cm³/mol. The van der Waals surface area contributed by atoms with Crippen molar-refractivity contribution in [3.8, 4) is 22.4 Å². The topological polar surface area (TPSA) is 142 Å². The summed E-state index contributed by atoms with van der Waals surface area (Å²) in [4.78, 5) is 39.4. The molecule has 12 heteroatoms. The summed E-state index contributed by atoms with van der Waals surface area (Å²) in [6.07, 6.45) is 3.20. The number of aromatic amines is 1. The van der Waals surface area contributed by atoms with Gasteiger partial charge in [0.2, 0.25) is 11.9 Å². The molecule has 0 radical (unpaired) electrons. The van der Waals surface area contributed by atoms with Crippen molar-refractivity contribution in [2.24, 2.45) is 0 Å². The number of nitrogens with one attached hydrogen (secondary N) is 3. The lowest BCUT2D eigenvalue weighted by atomic mass is 9.98. The Morgan fingerprint density at radius 2 is 1.88 bits per heavy atom. The number of nitrogens with zero attached hydrogens (tertiary/aromatic N) is 3. The molecule has 3 heterocycles. The van der Waals surface area contributed by atoms with Gasteiger partial charge in [0.05, 0.1) is 28.8 Å². The van der Waals surface area contributed by atoms with Crippen LogP contribution >= 0.6 is 11.6 Å². The number of anilines is 2. The minimum absolute atomic E-state index is 0.0889. The molecule has 1 atom stereocenters. The summed E-state index contributed by atoms with van der Waals surface area (Å²) in [6, 6.07) is 9.91. The molecule has 1 unspecified atom stereocenters. The number of H-pyrrole nitrogens is 1. The Balaban J connectivity index is 1.43. The normalized spacial score (nSPS) is 16.3. The van der Waals surface area contributed by atoms with Crippen molar-refractivity contribution in [3.63, 3.8) is 0 Å². The molecule has 3 aromatic heterocycles. The third-order valence-electron chi connectivity index (χ3n) is 6.45. The van der Waals surface area contributed by atoms with E-state index in [2.05, 4.69) is 30.6 Å². The van der Waals surface area contributed by atoms with Crippen LogP contribution < -0.4 is 10.6 Å². The average molecular weight is 579 g/mol.